The van der Waals surface area contributed by atoms with Crippen LogP contribution in [0.25, 0.3) is 11.3 Å². The van der Waals surface area contributed by atoms with E-state index < -0.39 is 11.7 Å². The first-order valence-electron chi connectivity index (χ1n) is 12.1. The fraction of sp³-hybridized carbons (Fsp3) is 0.407. The Morgan fingerprint density at radius 3 is 2.34 bits per heavy atom. The number of nitrogens with one attached hydrogen (secondary N) is 1. The number of benzene rings is 2. The molecule has 0 amide bonds. The molecule has 1 unspecified atom stereocenters. The lowest BCUT2D eigenvalue weighted by atomic mass is 9.95. The van der Waals surface area contributed by atoms with Crippen LogP contribution in [0.4, 0.5) is 30.6 Å². The molecule has 35 heavy (non-hydrogen) atoms. The maximum absolute atomic E-state index is 13.1. The van der Waals surface area contributed by atoms with Gasteiger partial charge in [-0.1, -0.05) is 37.5 Å². The second-order valence-electron chi connectivity index (χ2n) is 9.59. The average Bonchev–Trinajstić information content (AvgIpc) is 3.23. The number of alkyl halides is 3. The van der Waals surface area contributed by atoms with Crippen LogP contribution in [-0.2, 0) is 19.0 Å². The second kappa shape index (κ2) is 9.49. The summed E-state index contributed by atoms with van der Waals surface area (Å²) in [4.78, 5) is 11.6. The van der Waals surface area contributed by atoms with E-state index >= 15 is 0 Å². The van der Waals surface area contributed by atoms with E-state index in [2.05, 4.69) is 10.2 Å². The minimum atomic E-state index is -4.38. The maximum Gasteiger partial charge on any atom is 0.416 e. The van der Waals surface area contributed by atoms with E-state index in [9.17, 15) is 18.3 Å². The Kier molecular flexibility index (Phi) is 6.40. The molecule has 8 heteroatoms. The van der Waals surface area contributed by atoms with Crippen molar-refractivity contribution < 1.29 is 18.3 Å². The molecule has 2 aliphatic rings. The highest BCUT2D eigenvalue weighted by Gasteiger charge is 2.30. The summed E-state index contributed by atoms with van der Waals surface area (Å²) < 4.78 is 39.2. The predicted octanol–water partition coefficient (Wildman–Crippen LogP) is 6.13. The number of anilines is 3. The standard InChI is InChI=1S/C27H29F3N4O/c1-34(22-5-3-2-4-6-22)26-32-24(17-7-10-20(11-8-17)27(28,29)30)16-25(33-26)31-21-12-9-18-14-23(35)15-19(18)13-21/h7-13,16,22-23,35H,2-6,14-15H2,1H3,(H,31,32,33). The van der Waals surface area contributed by atoms with Crippen LogP contribution in [0.2, 0.25) is 0 Å². The third-order valence-corrected chi connectivity index (χ3v) is 7.05. The van der Waals surface area contributed by atoms with E-state index in [4.69, 9.17) is 9.97 Å². The van der Waals surface area contributed by atoms with Gasteiger partial charge in [-0.3, -0.25) is 0 Å². The highest BCUT2D eigenvalue weighted by atomic mass is 19.4. The Balaban J connectivity index is 1.49. The fourth-order valence-corrected chi connectivity index (χ4v) is 5.09. The molecule has 1 fully saturated rings. The van der Waals surface area contributed by atoms with Crippen LogP contribution in [0.15, 0.2) is 48.5 Å². The Morgan fingerprint density at radius 1 is 0.914 bits per heavy atom. The molecule has 0 bridgehead atoms. The van der Waals surface area contributed by atoms with Crippen LogP contribution in [0, 0.1) is 0 Å². The third-order valence-electron chi connectivity index (χ3n) is 7.05. The molecule has 0 spiro atoms. The molecule has 184 valence electrons. The molecule has 1 atom stereocenters. The Morgan fingerprint density at radius 2 is 1.63 bits per heavy atom. The van der Waals surface area contributed by atoms with Crippen molar-refractivity contribution in [3.8, 4) is 11.3 Å². The monoisotopic (exact) mass is 482 g/mol. The number of aliphatic hydroxyl groups excluding tert-OH is 1. The summed E-state index contributed by atoms with van der Waals surface area (Å²) in [7, 11) is 1.99. The topological polar surface area (TPSA) is 61.3 Å². The van der Waals surface area contributed by atoms with Gasteiger partial charge in [-0.15, -0.1) is 0 Å². The number of hydrogen-bond acceptors (Lipinski definition) is 5. The lowest BCUT2D eigenvalue weighted by Gasteiger charge is -2.31. The summed E-state index contributed by atoms with van der Waals surface area (Å²) in [6, 6.07) is 13.2. The smallest absolute Gasteiger partial charge is 0.392 e. The van der Waals surface area contributed by atoms with Gasteiger partial charge in [0, 0.05) is 30.4 Å². The molecule has 2 aliphatic carbocycles. The van der Waals surface area contributed by atoms with Crippen molar-refractivity contribution in [2.45, 2.75) is 63.3 Å². The molecule has 1 heterocycles. The number of hydrogen-bond donors (Lipinski definition) is 2. The van der Waals surface area contributed by atoms with Crippen molar-refractivity contribution >= 4 is 17.5 Å². The summed E-state index contributed by atoms with van der Waals surface area (Å²) in [6.07, 6.45) is 2.26. The van der Waals surface area contributed by atoms with E-state index in [1.807, 2.05) is 25.2 Å². The minimum absolute atomic E-state index is 0.334. The fourth-order valence-electron chi connectivity index (χ4n) is 5.09. The number of halogens is 3. The summed E-state index contributed by atoms with van der Waals surface area (Å²) in [5.41, 5.74) is 3.58. The SMILES string of the molecule is CN(c1nc(Nc2ccc3c(c2)CC(O)C3)cc(-c2ccc(C(F)(F)F)cc2)n1)C1CCCCC1. The molecule has 0 radical (unpaired) electrons. The van der Waals surface area contributed by atoms with Crippen LogP contribution in [-0.4, -0.2) is 34.3 Å². The zero-order valence-electron chi connectivity index (χ0n) is 19.6. The Hall–Kier alpha value is -3.13. The second-order valence-corrected chi connectivity index (χ2v) is 9.59. The van der Waals surface area contributed by atoms with Crippen LogP contribution in [0.5, 0.6) is 0 Å². The Labute approximate surface area is 203 Å². The van der Waals surface area contributed by atoms with Gasteiger partial charge < -0.3 is 15.3 Å². The molecular weight excluding hydrogens is 453 g/mol. The highest BCUT2D eigenvalue weighted by molar-refractivity contribution is 5.68. The van der Waals surface area contributed by atoms with Crippen LogP contribution in [0.3, 0.4) is 0 Å². The van der Waals surface area contributed by atoms with Crippen molar-refractivity contribution in [2.75, 3.05) is 17.3 Å². The van der Waals surface area contributed by atoms with E-state index in [-0.39, 0.29) is 6.10 Å². The van der Waals surface area contributed by atoms with Crippen LogP contribution in [0.1, 0.15) is 48.8 Å². The van der Waals surface area contributed by atoms with Gasteiger partial charge in [0.1, 0.15) is 5.82 Å². The predicted molar refractivity (Wildman–Crippen MR) is 131 cm³/mol. The van der Waals surface area contributed by atoms with Gasteiger partial charge >= 0.3 is 6.18 Å². The number of rotatable bonds is 5. The largest absolute Gasteiger partial charge is 0.416 e. The van der Waals surface area contributed by atoms with E-state index in [1.54, 1.807) is 6.07 Å². The van der Waals surface area contributed by atoms with Gasteiger partial charge in [0.05, 0.1) is 17.4 Å². The summed E-state index contributed by atoms with van der Waals surface area (Å²) in [5, 5.41) is 13.3. The van der Waals surface area contributed by atoms with Crippen molar-refractivity contribution in [1.29, 1.82) is 0 Å². The molecule has 1 aromatic heterocycles. The molecule has 0 saturated heterocycles. The molecule has 3 aromatic rings. The highest BCUT2D eigenvalue weighted by Crippen LogP contribution is 2.33. The lowest BCUT2D eigenvalue weighted by Crippen LogP contribution is -2.34. The van der Waals surface area contributed by atoms with Gasteiger partial charge in [-0.05, 0) is 61.1 Å². The normalized spacial score (nSPS) is 18.4. The van der Waals surface area contributed by atoms with Crippen LogP contribution < -0.4 is 10.2 Å². The number of nitrogens with zero attached hydrogens (tertiary/aromatic N) is 3. The quantitative estimate of drug-likeness (QED) is 0.458. The first kappa shape index (κ1) is 23.6. The Bertz CT molecular complexity index is 1190. The number of fused-ring (bicyclic) bond motifs is 1. The van der Waals surface area contributed by atoms with Crippen LogP contribution >= 0.6 is 0 Å². The van der Waals surface area contributed by atoms with Gasteiger partial charge in [-0.25, -0.2) is 4.98 Å². The lowest BCUT2D eigenvalue weighted by molar-refractivity contribution is -0.137. The minimum Gasteiger partial charge on any atom is -0.392 e. The van der Waals surface area contributed by atoms with Gasteiger partial charge in [0.15, 0.2) is 0 Å². The first-order valence-corrected chi connectivity index (χ1v) is 12.1. The summed E-state index contributed by atoms with van der Waals surface area (Å²) in [6.45, 7) is 0. The molecule has 2 N–H and O–H groups in total. The van der Waals surface area contributed by atoms with E-state index in [0.717, 1.165) is 41.8 Å². The molecule has 5 nitrogen and oxygen atoms in total. The van der Waals surface area contributed by atoms with Gasteiger partial charge in [0.25, 0.3) is 0 Å². The zero-order chi connectivity index (χ0) is 24.6. The molecule has 5 rings (SSSR count). The first-order chi connectivity index (χ1) is 16.8. The summed E-state index contributed by atoms with van der Waals surface area (Å²) in [5.74, 6) is 1.12. The van der Waals surface area contributed by atoms with E-state index in [1.165, 1.54) is 31.4 Å². The zero-order valence-corrected chi connectivity index (χ0v) is 19.6. The maximum atomic E-state index is 13.1. The third kappa shape index (κ3) is 5.27. The van der Waals surface area contributed by atoms with Gasteiger partial charge in [-0.2, -0.15) is 18.2 Å². The number of aromatic nitrogens is 2. The summed E-state index contributed by atoms with van der Waals surface area (Å²) >= 11 is 0. The molecule has 2 aromatic carbocycles. The van der Waals surface area contributed by atoms with Crippen molar-refractivity contribution in [3.05, 3.63) is 65.2 Å². The van der Waals surface area contributed by atoms with Crippen molar-refractivity contribution in [2.24, 2.45) is 0 Å². The molecule has 1 saturated carbocycles. The molecule has 0 aliphatic heterocycles. The van der Waals surface area contributed by atoms with Gasteiger partial charge in [0.2, 0.25) is 5.95 Å². The molecular formula is C27H29F3N4O. The van der Waals surface area contributed by atoms with Crippen molar-refractivity contribution in [3.63, 3.8) is 0 Å². The van der Waals surface area contributed by atoms with E-state index in [0.29, 0.717) is 41.9 Å². The average molecular weight is 483 g/mol. The number of aliphatic hydroxyl groups is 1. The van der Waals surface area contributed by atoms with Crippen molar-refractivity contribution in [1.82, 2.24) is 9.97 Å².